The molecule has 25 heavy (non-hydrogen) atoms. The Hall–Kier alpha value is -2.51. The molecule has 0 radical (unpaired) electrons. The van der Waals surface area contributed by atoms with Gasteiger partial charge in [-0.2, -0.15) is 0 Å². The minimum absolute atomic E-state index is 0.378. The molecule has 0 aliphatic carbocycles. The fourth-order valence-corrected chi connectivity index (χ4v) is 2.71. The first-order chi connectivity index (χ1) is 12.1. The summed E-state index contributed by atoms with van der Waals surface area (Å²) in [6.45, 7) is 5.50. The predicted molar refractivity (Wildman–Crippen MR) is 93.6 cm³/mol. The van der Waals surface area contributed by atoms with Crippen molar-refractivity contribution in [3.63, 3.8) is 0 Å². The quantitative estimate of drug-likeness (QED) is 0.644. The summed E-state index contributed by atoms with van der Waals surface area (Å²) in [6.07, 6.45) is 2.24. The van der Waals surface area contributed by atoms with Crippen molar-refractivity contribution >= 4 is 17.8 Å². The summed E-state index contributed by atoms with van der Waals surface area (Å²) >= 11 is 0. The first-order valence-electron chi connectivity index (χ1n) is 8.17. The number of hydrogen-bond donors (Lipinski definition) is 1. The third-order valence-corrected chi connectivity index (χ3v) is 4.00. The number of aryl methyl sites for hydroxylation is 1. The maximum atomic E-state index is 14.0. The van der Waals surface area contributed by atoms with E-state index in [1.165, 1.54) is 17.1 Å². The van der Waals surface area contributed by atoms with Gasteiger partial charge in [0.1, 0.15) is 5.82 Å². The monoisotopic (exact) mass is 344 g/mol. The van der Waals surface area contributed by atoms with Gasteiger partial charge in [0.05, 0.1) is 30.8 Å². The Balaban J connectivity index is 1.76. The van der Waals surface area contributed by atoms with Gasteiger partial charge in [0.15, 0.2) is 0 Å². The molecule has 7 heteroatoms. The number of benzene rings is 1. The molecule has 1 saturated heterocycles. The zero-order valence-electron chi connectivity index (χ0n) is 14.1. The van der Waals surface area contributed by atoms with Gasteiger partial charge >= 0.3 is 0 Å². The molecule has 2 heterocycles. The number of halogens is 1. The maximum Gasteiger partial charge on any atom is 0.232 e. The Kier molecular flexibility index (Phi) is 5.57. The van der Waals surface area contributed by atoms with Crippen molar-refractivity contribution in [2.24, 2.45) is 0 Å². The SMILES string of the molecule is Cc1ccc(NN(C=O)c2cc(F)cc(CN3CCOCC3)c2)cn1. The zero-order valence-corrected chi connectivity index (χ0v) is 14.1. The first kappa shape index (κ1) is 17.3. The summed E-state index contributed by atoms with van der Waals surface area (Å²) in [4.78, 5) is 17.9. The highest BCUT2D eigenvalue weighted by molar-refractivity contribution is 5.78. The molecule has 1 amide bonds. The van der Waals surface area contributed by atoms with Crippen molar-refractivity contribution in [1.29, 1.82) is 0 Å². The lowest BCUT2D eigenvalue weighted by Gasteiger charge is -2.27. The second-order valence-corrected chi connectivity index (χ2v) is 5.98. The Bertz CT molecular complexity index is 718. The number of carbonyl (C=O) groups is 1. The number of nitrogens with one attached hydrogen (secondary N) is 1. The molecule has 1 N–H and O–H groups in total. The summed E-state index contributed by atoms with van der Waals surface area (Å²) in [5.41, 5.74) is 5.72. The van der Waals surface area contributed by atoms with Gasteiger partial charge < -0.3 is 4.74 Å². The number of pyridine rings is 1. The summed E-state index contributed by atoms with van der Waals surface area (Å²) in [6, 6.07) is 8.27. The molecule has 1 aromatic carbocycles. The van der Waals surface area contributed by atoms with Crippen LogP contribution in [0.3, 0.4) is 0 Å². The van der Waals surface area contributed by atoms with E-state index in [1.54, 1.807) is 6.20 Å². The van der Waals surface area contributed by atoms with Crippen molar-refractivity contribution in [2.45, 2.75) is 13.5 Å². The van der Waals surface area contributed by atoms with Crippen LogP contribution in [0.15, 0.2) is 36.5 Å². The zero-order chi connectivity index (χ0) is 17.6. The van der Waals surface area contributed by atoms with Gasteiger partial charge in [-0.1, -0.05) is 0 Å². The van der Waals surface area contributed by atoms with Crippen LogP contribution in [0.4, 0.5) is 15.8 Å². The molecule has 2 aromatic rings. The average Bonchev–Trinajstić information content (AvgIpc) is 2.61. The maximum absolute atomic E-state index is 14.0. The van der Waals surface area contributed by atoms with Crippen molar-refractivity contribution in [2.75, 3.05) is 36.7 Å². The number of anilines is 2. The molecule has 1 aliphatic heterocycles. The van der Waals surface area contributed by atoms with Gasteiger partial charge in [-0.05, 0) is 42.8 Å². The van der Waals surface area contributed by atoms with E-state index in [4.69, 9.17) is 4.74 Å². The molecular weight excluding hydrogens is 323 g/mol. The van der Waals surface area contributed by atoms with E-state index in [9.17, 15) is 9.18 Å². The van der Waals surface area contributed by atoms with Gasteiger partial charge in [-0.15, -0.1) is 0 Å². The van der Waals surface area contributed by atoms with E-state index in [1.807, 2.05) is 25.1 Å². The molecule has 132 valence electrons. The second-order valence-electron chi connectivity index (χ2n) is 5.98. The van der Waals surface area contributed by atoms with E-state index in [-0.39, 0.29) is 5.82 Å². The van der Waals surface area contributed by atoms with Crippen molar-refractivity contribution < 1.29 is 13.9 Å². The lowest BCUT2D eigenvalue weighted by Crippen LogP contribution is -2.35. The van der Waals surface area contributed by atoms with Crippen LogP contribution in [0.1, 0.15) is 11.3 Å². The number of aromatic nitrogens is 1. The van der Waals surface area contributed by atoms with E-state index in [0.29, 0.717) is 37.5 Å². The van der Waals surface area contributed by atoms with E-state index in [0.717, 1.165) is 24.3 Å². The number of rotatable bonds is 6. The molecule has 0 saturated carbocycles. The molecule has 1 fully saturated rings. The number of ether oxygens (including phenoxy) is 1. The third-order valence-electron chi connectivity index (χ3n) is 4.00. The number of hydrogen-bond acceptors (Lipinski definition) is 5. The number of nitrogens with zero attached hydrogens (tertiary/aromatic N) is 3. The van der Waals surface area contributed by atoms with Crippen LogP contribution in [0.25, 0.3) is 0 Å². The van der Waals surface area contributed by atoms with Gasteiger partial charge in [-0.3, -0.25) is 20.1 Å². The third kappa shape index (κ3) is 4.74. The van der Waals surface area contributed by atoms with Gasteiger partial charge in [0, 0.05) is 25.3 Å². The molecule has 1 aliphatic rings. The number of carbonyl (C=O) groups excluding carboxylic acids is 1. The summed E-state index contributed by atoms with van der Waals surface area (Å²) in [5, 5.41) is 1.25. The van der Waals surface area contributed by atoms with Gasteiger partial charge in [0.25, 0.3) is 0 Å². The highest BCUT2D eigenvalue weighted by Gasteiger charge is 2.14. The van der Waals surface area contributed by atoms with Crippen molar-refractivity contribution in [3.8, 4) is 0 Å². The Morgan fingerprint density at radius 3 is 2.80 bits per heavy atom. The highest BCUT2D eigenvalue weighted by atomic mass is 19.1. The van der Waals surface area contributed by atoms with E-state index < -0.39 is 0 Å². The first-order valence-corrected chi connectivity index (χ1v) is 8.17. The largest absolute Gasteiger partial charge is 0.379 e. The van der Waals surface area contributed by atoms with Crippen LogP contribution >= 0.6 is 0 Å². The molecule has 0 spiro atoms. The Morgan fingerprint density at radius 2 is 2.12 bits per heavy atom. The average molecular weight is 344 g/mol. The Labute approximate surface area is 146 Å². The van der Waals surface area contributed by atoms with Crippen LogP contribution in [0, 0.1) is 12.7 Å². The molecule has 0 atom stereocenters. The fourth-order valence-electron chi connectivity index (χ4n) is 2.71. The standard InChI is InChI=1S/C18H21FN4O2/c1-14-2-3-17(11-20-14)21-23(13-24)18-9-15(8-16(19)10-18)12-22-4-6-25-7-5-22/h2-3,8-11,13,21H,4-7,12H2,1H3. The van der Waals surface area contributed by atoms with Gasteiger partial charge in [0.2, 0.25) is 6.41 Å². The fraction of sp³-hybridized carbons (Fsp3) is 0.333. The summed E-state index contributed by atoms with van der Waals surface area (Å²) in [5.74, 6) is -0.378. The predicted octanol–water partition coefficient (Wildman–Crippen LogP) is 2.35. The van der Waals surface area contributed by atoms with Crippen molar-refractivity contribution in [1.82, 2.24) is 9.88 Å². The minimum Gasteiger partial charge on any atom is -0.379 e. The highest BCUT2D eigenvalue weighted by Crippen LogP contribution is 2.20. The van der Waals surface area contributed by atoms with Crippen LogP contribution in [-0.2, 0) is 16.1 Å². The number of morpholine rings is 1. The summed E-state index contributed by atoms with van der Waals surface area (Å²) < 4.78 is 19.4. The molecule has 1 aromatic heterocycles. The second kappa shape index (κ2) is 8.04. The molecule has 0 bridgehead atoms. The lowest BCUT2D eigenvalue weighted by molar-refractivity contribution is -0.107. The number of amides is 1. The number of hydrazine groups is 1. The molecule has 3 rings (SSSR count). The smallest absolute Gasteiger partial charge is 0.232 e. The summed E-state index contributed by atoms with van der Waals surface area (Å²) in [7, 11) is 0. The molecule has 6 nitrogen and oxygen atoms in total. The van der Waals surface area contributed by atoms with E-state index >= 15 is 0 Å². The van der Waals surface area contributed by atoms with Crippen molar-refractivity contribution in [3.05, 3.63) is 53.6 Å². The van der Waals surface area contributed by atoms with Crippen LogP contribution in [0.2, 0.25) is 0 Å². The molecular formula is C18H21FN4O2. The van der Waals surface area contributed by atoms with Crippen LogP contribution in [0.5, 0.6) is 0 Å². The van der Waals surface area contributed by atoms with Crippen LogP contribution in [-0.4, -0.2) is 42.6 Å². The van der Waals surface area contributed by atoms with E-state index in [2.05, 4.69) is 15.3 Å². The minimum atomic E-state index is -0.378. The van der Waals surface area contributed by atoms with Crippen LogP contribution < -0.4 is 10.4 Å². The Morgan fingerprint density at radius 1 is 1.32 bits per heavy atom. The lowest BCUT2D eigenvalue weighted by atomic mass is 10.1. The van der Waals surface area contributed by atoms with Gasteiger partial charge in [-0.25, -0.2) is 9.40 Å². The topological polar surface area (TPSA) is 57.7 Å². The normalized spacial score (nSPS) is 15.0. The molecule has 0 unspecified atom stereocenters.